The highest BCUT2D eigenvalue weighted by atomic mass is 35.5. The van der Waals surface area contributed by atoms with Crippen LogP contribution in [0.15, 0.2) is 76.8 Å². The van der Waals surface area contributed by atoms with Crippen molar-refractivity contribution >= 4 is 28.8 Å². The Kier molecular flexibility index (Phi) is 5.48. The van der Waals surface area contributed by atoms with Crippen molar-refractivity contribution in [2.45, 2.75) is 39.5 Å². The molecule has 0 amide bonds. The number of aryl methyl sites for hydroxylation is 1. The number of nitrogens with zero attached hydrogens (tertiary/aromatic N) is 2. The van der Waals surface area contributed by atoms with Crippen LogP contribution in [0, 0.1) is 0 Å². The van der Waals surface area contributed by atoms with Crippen molar-refractivity contribution in [2.24, 2.45) is 10.1 Å². The van der Waals surface area contributed by atoms with E-state index in [1.54, 1.807) is 0 Å². The third-order valence-electron chi connectivity index (χ3n) is 5.37. The average Bonchev–Trinajstić information content (AvgIpc) is 2.93. The maximum atomic E-state index is 6.10. The van der Waals surface area contributed by atoms with Crippen LogP contribution in [0.2, 0.25) is 5.02 Å². The lowest BCUT2D eigenvalue weighted by Gasteiger charge is -2.19. The molecule has 0 aromatic heterocycles. The quantitative estimate of drug-likeness (QED) is 0.511. The molecule has 152 valence electrons. The summed E-state index contributed by atoms with van der Waals surface area (Å²) in [6.07, 6.45) is 0.958. The maximum Gasteiger partial charge on any atom is 0.154 e. The Morgan fingerprint density at radius 3 is 2.17 bits per heavy atom. The van der Waals surface area contributed by atoms with E-state index in [0.717, 1.165) is 40.3 Å². The summed E-state index contributed by atoms with van der Waals surface area (Å²) in [6, 6.07) is 22.7. The van der Waals surface area contributed by atoms with Crippen LogP contribution in [-0.2, 0) is 11.8 Å². The lowest BCUT2D eigenvalue weighted by molar-refractivity contribution is 0.590. The molecular weight excluding hydrogens is 390 g/mol. The van der Waals surface area contributed by atoms with Crippen LogP contribution in [-0.4, -0.2) is 11.5 Å². The lowest BCUT2D eigenvalue weighted by atomic mass is 9.86. The number of benzene rings is 3. The Bertz CT molecular complexity index is 1120. The molecule has 0 radical (unpaired) electrons. The number of fused-ring (bicyclic) bond motifs is 1. The highest BCUT2D eigenvalue weighted by molar-refractivity contribution is 6.30. The topological polar surface area (TPSA) is 36.8 Å². The van der Waals surface area contributed by atoms with Gasteiger partial charge in [-0.3, -0.25) is 5.43 Å². The highest BCUT2D eigenvalue weighted by Crippen LogP contribution is 2.28. The number of hydrogen-bond donors (Lipinski definition) is 1. The van der Waals surface area contributed by atoms with Crippen LogP contribution in [0.1, 0.15) is 55.5 Å². The Labute approximate surface area is 183 Å². The Hall–Kier alpha value is -2.91. The van der Waals surface area contributed by atoms with Gasteiger partial charge in [0.2, 0.25) is 0 Å². The molecule has 0 saturated carbocycles. The number of rotatable bonds is 3. The fourth-order valence-electron chi connectivity index (χ4n) is 3.49. The van der Waals surface area contributed by atoms with Crippen molar-refractivity contribution in [1.82, 2.24) is 5.43 Å². The molecule has 3 nitrogen and oxygen atoms in total. The minimum Gasteiger partial charge on any atom is -0.260 e. The van der Waals surface area contributed by atoms with Gasteiger partial charge in [-0.2, -0.15) is 5.10 Å². The summed E-state index contributed by atoms with van der Waals surface area (Å²) in [5.41, 5.74) is 10.7. The summed E-state index contributed by atoms with van der Waals surface area (Å²) in [7, 11) is 0. The van der Waals surface area contributed by atoms with Crippen LogP contribution < -0.4 is 5.43 Å². The largest absolute Gasteiger partial charge is 0.260 e. The molecule has 4 heteroatoms. The second-order valence-electron chi connectivity index (χ2n) is 8.57. The summed E-state index contributed by atoms with van der Waals surface area (Å²) >= 11 is 6.10. The van der Waals surface area contributed by atoms with Crippen molar-refractivity contribution in [3.05, 3.63) is 99.6 Å². The van der Waals surface area contributed by atoms with Gasteiger partial charge in [0.15, 0.2) is 5.84 Å². The zero-order valence-electron chi connectivity index (χ0n) is 17.8. The van der Waals surface area contributed by atoms with Crippen molar-refractivity contribution in [1.29, 1.82) is 0 Å². The number of nitrogens with one attached hydrogen (secondary N) is 1. The third kappa shape index (κ3) is 4.17. The monoisotopic (exact) mass is 415 g/mol. The first-order chi connectivity index (χ1) is 14.3. The first-order valence-electron chi connectivity index (χ1n) is 10.3. The van der Waals surface area contributed by atoms with E-state index in [9.17, 15) is 0 Å². The van der Waals surface area contributed by atoms with Crippen molar-refractivity contribution < 1.29 is 0 Å². The molecule has 1 N–H and O–H groups in total. The van der Waals surface area contributed by atoms with E-state index in [1.165, 1.54) is 11.1 Å². The predicted molar refractivity (Wildman–Crippen MR) is 127 cm³/mol. The van der Waals surface area contributed by atoms with E-state index in [1.807, 2.05) is 24.3 Å². The van der Waals surface area contributed by atoms with Crippen LogP contribution in [0.3, 0.4) is 0 Å². The van der Waals surface area contributed by atoms with Gasteiger partial charge in [0.05, 0.1) is 11.4 Å². The lowest BCUT2D eigenvalue weighted by Crippen LogP contribution is -2.20. The van der Waals surface area contributed by atoms with E-state index in [4.69, 9.17) is 21.7 Å². The van der Waals surface area contributed by atoms with E-state index in [-0.39, 0.29) is 5.41 Å². The van der Waals surface area contributed by atoms with Gasteiger partial charge in [-0.25, -0.2) is 4.99 Å². The first-order valence-corrected chi connectivity index (χ1v) is 10.7. The molecule has 0 spiro atoms. The molecule has 0 aliphatic carbocycles. The molecule has 0 bridgehead atoms. The minimum atomic E-state index is 0.111. The van der Waals surface area contributed by atoms with Crippen LogP contribution >= 0.6 is 11.6 Å². The van der Waals surface area contributed by atoms with Gasteiger partial charge in [-0.1, -0.05) is 81.8 Å². The maximum absolute atomic E-state index is 6.10. The SMILES string of the molecule is CCc1ccc2c(c1)C(c1ccc(Cl)cc1)=NNC(c1ccc(C(C)(C)C)cc1)=N2. The van der Waals surface area contributed by atoms with Gasteiger partial charge in [0.25, 0.3) is 0 Å². The average molecular weight is 416 g/mol. The van der Waals surface area contributed by atoms with Gasteiger partial charge in [0, 0.05) is 21.7 Å². The van der Waals surface area contributed by atoms with Crippen LogP contribution in [0.4, 0.5) is 5.69 Å². The van der Waals surface area contributed by atoms with Gasteiger partial charge in [-0.05, 0) is 47.2 Å². The van der Waals surface area contributed by atoms with Crippen molar-refractivity contribution in [2.75, 3.05) is 0 Å². The summed E-state index contributed by atoms with van der Waals surface area (Å²) < 4.78 is 0. The Morgan fingerprint density at radius 2 is 1.53 bits per heavy atom. The van der Waals surface area contributed by atoms with Gasteiger partial charge < -0.3 is 0 Å². The fourth-order valence-corrected chi connectivity index (χ4v) is 3.62. The molecule has 1 heterocycles. The number of aliphatic imine (C=N–C) groups is 1. The molecule has 0 unspecified atom stereocenters. The van der Waals surface area contributed by atoms with Crippen LogP contribution in [0.5, 0.6) is 0 Å². The van der Waals surface area contributed by atoms with Crippen molar-refractivity contribution in [3.63, 3.8) is 0 Å². The van der Waals surface area contributed by atoms with Gasteiger partial charge in [0.1, 0.15) is 0 Å². The van der Waals surface area contributed by atoms with Crippen molar-refractivity contribution in [3.8, 4) is 0 Å². The Morgan fingerprint density at radius 1 is 0.867 bits per heavy atom. The number of hydrogen-bond acceptors (Lipinski definition) is 3. The molecular formula is C26H26ClN3. The molecule has 1 aliphatic heterocycles. The van der Waals surface area contributed by atoms with E-state index in [2.05, 4.69) is 75.6 Å². The smallest absolute Gasteiger partial charge is 0.154 e. The molecule has 0 fully saturated rings. The molecule has 3 aromatic rings. The summed E-state index contributed by atoms with van der Waals surface area (Å²) in [6.45, 7) is 8.80. The van der Waals surface area contributed by atoms with Crippen LogP contribution in [0.25, 0.3) is 0 Å². The Balaban J connectivity index is 1.80. The number of halogens is 1. The second-order valence-corrected chi connectivity index (χ2v) is 9.01. The summed E-state index contributed by atoms with van der Waals surface area (Å²) in [5, 5.41) is 5.47. The molecule has 30 heavy (non-hydrogen) atoms. The fraction of sp³-hybridized carbons (Fsp3) is 0.231. The molecule has 1 aliphatic rings. The first kappa shape index (κ1) is 20.4. The zero-order valence-corrected chi connectivity index (χ0v) is 18.6. The molecule has 3 aromatic carbocycles. The number of hydrazone groups is 1. The minimum absolute atomic E-state index is 0.111. The summed E-state index contributed by atoms with van der Waals surface area (Å²) in [4.78, 5) is 4.93. The van der Waals surface area contributed by atoms with Gasteiger partial charge in [-0.15, -0.1) is 0 Å². The molecule has 0 saturated heterocycles. The van der Waals surface area contributed by atoms with E-state index in [0.29, 0.717) is 5.02 Å². The van der Waals surface area contributed by atoms with E-state index >= 15 is 0 Å². The number of amidine groups is 1. The third-order valence-corrected chi connectivity index (χ3v) is 5.62. The zero-order chi connectivity index (χ0) is 21.3. The normalized spacial score (nSPS) is 13.6. The predicted octanol–water partition coefficient (Wildman–Crippen LogP) is 6.63. The highest BCUT2D eigenvalue weighted by Gasteiger charge is 2.19. The standard InChI is InChI=1S/C26H26ClN3/c1-5-17-6-15-23-22(16-17)24(18-9-13-21(27)14-10-18)29-30-25(28-23)19-7-11-20(12-8-19)26(2,3)4/h6-16H,5H2,1-4H3,(H,28,30). The molecule has 4 rings (SSSR count). The molecule has 0 atom stereocenters. The van der Waals surface area contributed by atoms with E-state index < -0.39 is 0 Å². The van der Waals surface area contributed by atoms with Gasteiger partial charge >= 0.3 is 0 Å². The summed E-state index contributed by atoms with van der Waals surface area (Å²) in [5.74, 6) is 0.741. The second kappa shape index (κ2) is 8.08.